The summed E-state index contributed by atoms with van der Waals surface area (Å²) in [5, 5.41) is 8.60. The molecule has 0 saturated carbocycles. The molecule has 1 atom stereocenters. The van der Waals surface area contributed by atoms with Gasteiger partial charge in [-0.1, -0.05) is 0 Å². The molecule has 1 aliphatic heterocycles. The molecule has 1 aliphatic rings. The Balaban J connectivity index is 2.36. The minimum Gasteiger partial charge on any atom is -0.480 e. The van der Waals surface area contributed by atoms with Crippen molar-refractivity contribution in [2.24, 2.45) is 5.73 Å². The Morgan fingerprint density at radius 2 is 2.31 bits per heavy atom. The van der Waals surface area contributed by atoms with Gasteiger partial charge in [-0.25, -0.2) is 0 Å². The maximum absolute atomic E-state index is 10.4. The van der Waals surface area contributed by atoms with E-state index in [1.165, 1.54) is 0 Å². The Labute approximate surface area is 78.1 Å². The van der Waals surface area contributed by atoms with Gasteiger partial charge < -0.3 is 10.8 Å². The van der Waals surface area contributed by atoms with Crippen LogP contribution >= 0.6 is 0 Å². The number of carboxylic acid groups (broad SMARTS) is 1. The van der Waals surface area contributed by atoms with Crippen LogP contribution in [-0.2, 0) is 4.79 Å². The maximum Gasteiger partial charge on any atom is 0.317 e. The van der Waals surface area contributed by atoms with Gasteiger partial charge in [0.25, 0.3) is 0 Å². The van der Waals surface area contributed by atoms with Crippen molar-refractivity contribution in [3.8, 4) is 0 Å². The standard InChI is InChI=1S/C8H17N3O2/c1-7-4-10(5-8(12)13)2-3-11(7)6-9/h7H,2-6,9H2,1H3,(H,12,13). The lowest BCUT2D eigenvalue weighted by Gasteiger charge is -2.38. The van der Waals surface area contributed by atoms with Crippen molar-refractivity contribution in [3.63, 3.8) is 0 Å². The molecule has 13 heavy (non-hydrogen) atoms. The minimum absolute atomic E-state index is 0.142. The maximum atomic E-state index is 10.4. The Hall–Kier alpha value is -0.650. The fourth-order valence-corrected chi connectivity index (χ4v) is 1.68. The number of rotatable bonds is 3. The van der Waals surface area contributed by atoms with Crippen molar-refractivity contribution in [2.45, 2.75) is 13.0 Å². The second kappa shape index (κ2) is 4.55. The molecule has 0 aromatic heterocycles. The fraction of sp³-hybridized carbons (Fsp3) is 0.875. The third-order valence-corrected chi connectivity index (χ3v) is 2.44. The number of nitrogens with zero attached hydrogens (tertiary/aromatic N) is 2. The highest BCUT2D eigenvalue weighted by atomic mass is 16.4. The molecule has 0 spiro atoms. The van der Waals surface area contributed by atoms with E-state index < -0.39 is 5.97 Å². The predicted octanol–water partition coefficient (Wildman–Crippen LogP) is -1.01. The zero-order valence-electron chi connectivity index (χ0n) is 7.94. The third-order valence-electron chi connectivity index (χ3n) is 2.44. The van der Waals surface area contributed by atoms with Crippen molar-refractivity contribution < 1.29 is 9.90 Å². The van der Waals surface area contributed by atoms with Crippen LogP contribution in [0.15, 0.2) is 0 Å². The SMILES string of the molecule is CC1CN(CC(=O)O)CCN1CN. The first-order chi connectivity index (χ1) is 6.13. The molecule has 0 amide bonds. The highest BCUT2D eigenvalue weighted by Gasteiger charge is 2.23. The predicted molar refractivity (Wildman–Crippen MR) is 49.3 cm³/mol. The van der Waals surface area contributed by atoms with Crippen molar-refractivity contribution in [3.05, 3.63) is 0 Å². The number of nitrogens with two attached hydrogens (primary N) is 1. The largest absolute Gasteiger partial charge is 0.480 e. The Kier molecular flexibility index (Phi) is 3.65. The van der Waals surface area contributed by atoms with Gasteiger partial charge in [0.1, 0.15) is 0 Å². The topological polar surface area (TPSA) is 69.8 Å². The highest BCUT2D eigenvalue weighted by molar-refractivity contribution is 5.69. The summed E-state index contributed by atoms with van der Waals surface area (Å²) in [5.41, 5.74) is 5.53. The molecule has 5 heteroatoms. The quantitative estimate of drug-likeness (QED) is 0.592. The lowest BCUT2D eigenvalue weighted by Crippen LogP contribution is -2.54. The van der Waals surface area contributed by atoms with E-state index in [1.807, 2.05) is 4.90 Å². The van der Waals surface area contributed by atoms with Crippen LogP contribution in [0.25, 0.3) is 0 Å². The molecule has 1 heterocycles. The number of hydrogen-bond donors (Lipinski definition) is 2. The summed E-state index contributed by atoms with van der Waals surface area (Å²) in [4.78, 5) is 14.5. The van der Waals surface area contributed by atoms with Crippen molar-refractivity contribution in [2.75, 3.05) is 32.8 Å². The summed E-state index contributed by atoms with van der Waals surface area (Å²) >= 11 is 0. The molecule has 0 aromatic carbocycles. The minimum atomic E-state index is -0.756. The highest BCUT2D eigenvalue weighted by Crippen LogP contribution is 2.06. The number of carbonyl (C=O) groups is 1. The summed E-state index contributed by atoms with van der Waals surface area (Å²) in [5.74, 6) is -0.756. The van der Waals surface area contributed by atoms with E-state index in [0.29, 0.717) is 12.7 Å². The first-order valence-corrected chi connectivity index (χ1v) is 4.51. The Morgan fingerprint density at radius 3 is 2.77 bits per heavy atom. The van der Waals surface area contributed by atoms with E-state index >= 15 is 0 Å². The van der Waals surface area contributed by atoms with Gasteiger partial charge in [-0.3, -0.25) is 14.6 Å². The van der Waals surface area contributed by atoms with Gasteiger partial charge >= 0.3 is 5.97 Å². The molecule has 0 radical (unpaired) electrons. The number of piperazine rings is 1. The van der Waals surface area contributed by atoms with Gasteiger partial charge in [0.05, 0.1) is 6.54 Å². The molecule has 1 rings (SSSR count). The average Bonchev–Trinajstić information content (AvgIpc) is 2.03. The van der Waals surface area contributed by atoms with Gasteiger partial charge in [-0.15, -0.1) is 0 Å². The molecule has 76 valence electrons. The fourth-order valence-electron chi connectivity index (χ4n) is 1.68. The van der Waals surface area contributed by atoms with Crippen LogP contribution in [0.3, 0.4) is 0 Å². The molecule has 0 aromatic rings. The summed E-state index contributed by atoms with van der Waals surface area (Å²) in [6.07, 6.45) is 0. The Morgan fingerprint density at radius 1 is 1.62 bits per heavy atom. The summed E-state index contributed by atoms with van der Waals surface area (Å²) in [7, 11) is 0. The lowest BCUT2D eigenvalue weighted by atomic mass is 10.2. The molecule has 0 aliphatic carbocycles. The number of aliphatic carboxylic acids is 1. The van der Waals surface area contributed by atoms with E-state index in [1.54, 1.807) is 0 Å². The summed E-state index contributed by atoms with van der Waals surface area (Å²) < 4.78 is 0. The van der Waals surface area contributed by atoms with E-state index in [9.17, 15) is 4.79 Å². The zero-order chi connectivity index (χ0) is 9.84. The normalized spacial score (nSPS) is 26.2. The van der Waals surface area contributed by atoms with Crippen LogP contribution in [0.4, 0.5) is 0 Å². The summed E-state index contributed by atoms with van der Waals surface area (Å²) in [6, 6.07) is 0.359. The molecule has 0 bridgehead atoms. The van der Waals surface area contributed by atoms with Crippen molar-refractivity contribution >= 4 is 5.97 Å². The molecule has 1 saturated heterocycles. The van der Waals surface area contributed by atoms with Crippen LogP contribution in [0.5, 0.6) is 0 Å². The van der Waals surface area contributed by atoms with E-state index in [0.717, 1.165) is 19.6 Å². The first-order valence-electron chi connectivity index (χ1n) is 4.51. The van der Waals surface area contributed by atoms with E-state index in [4.69, 9.17) is 10.8 Å². The monoisotopic (exact) mass is 187 g/mol. The number of carboxylic acids is 1. The molecule has 3 N–H and O–H groups in total. The van der Waals surface area contributed by atoms with Gasteiger partial charge in [-0.05, 0) is 6.92 Å². The zero-order valence-corrected chi connectivity index (χ0v) is 7.94. The van der Waals surface area contributed by atoms with Gasteiger partial charge in [0, 0.05) is 32.3 Å². The van der Waals surface area contributed by atoms with Crippen molar-refractivity contribution in [1.29, 1.82) is 0 Å². The Bertz CT molecular complexity index is 186. The van der Waals surface area contributed by atoms with Crippen LogP contribution in [0.1, 0.15) is 6.92 Å². The molecular weight excluding hydrogens is 170 g/mol. The third kappa shape index (κ3) is 2.95. The van der Waals surface area contributed by atoms with Gasteiger partial charge in [0.2, 0.25) is 0 Å². The number of hydrogen-bond acceptors (Lipinski definition) is 4. The van der Waals surface area contributed by atoms with Crippen molar-refractivity contribution in [1.82, 2.24) is 9.80 Å². The molecule has 1 unspecified atom stereocenters. The van der Waals surface area contributed by atoms with Crippen LogP contribution in [0, 0.1) is 0 Å². The lowest BCUT2D eigenvalue weighted by molar-refractivity contribution is -0.139. The van der Waals surface area contributed by atoms with Crippen LogP contribution < -0.4 is 5.73 Å². The molecule has 5 nitrogen and oxygen atoms in total. The first kappa shape index (κ1) is 10.4. The van der Waals surface area contributed by atoms with Crippen LogP contribution in [-0.4, -0.2) is 59.8 Å². The smallest absolute Gasteiger partial charge is 0.317 e. The summed E-state index contributed by atoms with van der Waals surface area (Å²) in [6.45, 7) is 5.23. The second-order valence-corrected chi connectivity index (χ2v) is 3.47. The van der Waals surface area contributed by atoms with Gasteiger partial charge in [-0.2, -0.15) is 0 Å². The van der Waals surface area contributed by atoms with E-state index in [2.05, 4.69) is 11.8 Å². The van der Waals surface area contributed by atoms with Gasteiger partial charge in [0.15, 0.2) is 0 Å². The van der Waals surface area contributed by atoms with Crippen LogP contribution in [0.2, 0.25) is 0 Å². The average molecular weight is 187 g/mol. The van der Waals surface area contributed by atoms with E-state index in [-0.39, 0.29) is 6.54 Å². The molecular formula is C8H17N3O2. The molecule has 1 fully saturated rings. The second-order valence-electron chi connectivity index (χ2n) is 3.47.